The van der Waals surface area contributed by atoms with Crippen molar-refractivity contribution in [3.63, 3.8) is 0 Å². The highest BCUT2D eigenvalue weighted by molar-refractivity contribution is 8.15. The van der Waals surface area contributed by atoms with Crippen LogP contribution in [-0.4, -0.2) is 27.0 Å². The highest BCUT2D eigenvalue weighted by atomic mass is 35.5. The second-order valence-electron chi connectivity index (χ2n) is 6.42. The average molecular weight is 381 g/mol. The summed E-state index contributed by atoms with van der Waals surface area (Å²) >= 11 is 7.88. The van der Waals surface area contributed by atoms with Crippen molar-refractivity contribution in [2.24, 2.45) is 4.99 Å². The molecule has 0 unspecified atom stereocenters. The monoisotopic (exact) mass is 380 g/mol. The van der Waals surface area contributed by atoms with Crippen LogP contribution in [0.25, 0.3) is 5.57 Å². The molecule has 128 valence electrons. The fourth-order valence-corrected chi connectivity index (χ4v) is 4.99. The van der Waals surface area contributed by atoms with Crippen molar-refractivity contribution >= 4 is 45.8 Å². The molecule has 3 aliphatic rings. The van der Waals surface area contributed by atoms with Gasteiger partial charge in [-0.3, -0.25) is 14.5 Å². The van der Waals surface area contributed by atoms with Crippen LogP contribution in [0.15, 0.2) is 59.2 Å². The first-order chi connectivity index (χ1) is 12.6. The molecule has 2 atom stereocenters. The molecule has 1 amide bonds. The van der Waals surface area contributed by atoms with E-state index in [9.17, 15) is 9.59 Å². The Morgan fingerprint density at radius 3 is 2.50 bits per heavy atom. The van der Waals surface area contributed by atoms with Crippen molar-refractivity contribution in [1.29, 1.82) is 0 Å². The lowest BCUT2D eigenvalue weighted by Crippen LogP contribution is -2.38. The van der Waals surface area contributed by atoms with Crippen LogP contribution >= 0.6 is 23.4 Å². The van der Waals surface area contributed by atoms with Gasteiger partial charge >= 0.3 is 0 Å². The number of fused-ring (bicyclic) bond motifs is 3. The molecule has 0 N–H and O–H groups in total. The van der Waals surface area contributed by atoms with Crippen LogP contribution in [0.4, 0.5) is 0 Å². The minimum Gasteiger partial charge on any atom is -0.287 e. The number of amides is 1. The molecule has 0 radical (unpaired) electrons. The first-order valence-electron chi connectivity index (χ1n) is 8.29. The fraction of sp³-hybridized carbons (Fsp3) is 0.150. The standard InChI is InChI=1S/C20H13ClN2O2S/c1-10-19(25)23-17(13-8-4-5-9-14(13)21)15-11-6-2-3-7-12(11)18(24)16(15)22-20(23)26-10/h2-10,17H,1H3/t10-,17-/m0/s1. The predicted octanol–water partition coefficient (Wildman–Crippen LogP) is 4.32. The van der Waals surface area contributed by atoms with Crippen molar-refractivity contribution in [1.82, 2.24) is 4.90 Å². The average Bonchev–Trinajstić information content (AvgIpc) is 3.09. The minimum absolute atomic E-state index is 0.0120. The lowest BCUT2D eigenvalue weighted by molar-refractivity contribution is -0.126. The quantitative estimate of drug-likeness (QED) is 0.740. The molecular weight excluding hydrogens is 368 g/mol. The van der Waals surface area contributed by atoms with Gasteiger partial charge in [-0.1, -0.05) is 65.8 Å². The summed E-state index contributed by atoms with van der Waals surface area (Å²) < 4.78 is 0. The topological polar surface area (TPSA) is 49.7 Å². The first kappa shape index (κ1) is 15.9. The molecule has 1 fully saturated rings. The van der Waals surface area contributed by atoms with Crippen LogP contribution in [0.1, 0.15) is 34.5 Å². The Kier molecular flexibility index (Phi) is 3.39. The Hall–Kier alpha value is -2.37. The summed E-state index contributed by atoms with van der Waals surface area (Å²) in [4.78, 5) is 32.1. The molecule has 2 heterocycles. The summed E-state index contributed by atoms with van der Waals surface area (Å²) in [5.74, 6) is -0.102. The predicted molar refractivity (Wildman–Crippen MR) is 103 cm³/mol. The number of Topliss-reactive ketones (excluding diaryl/α,β-unsaturated/α-hetero) is 1. The highest BCUT2D eigenvalue weighted by Gasteiger charge is 2.49. The van der Waals surface area contributed by atoms with E-state index in [2.05, 4.69) is 4.99 Å². The number of carbonyl (C=O) groups is 2. The van der Waals surface area contributed by atoms with Gasteiger partial charge in [0, 0.05) is 16.2 Å². The first-order valence-corrected chi connectivity index (χ1v) is 9.55. The lowest BCUT2D eigenvalue weighted by Gasteiger charge is -2.33. The summed E-state index contributed by atoms with van der Waals surface area (Å²) in [5.41, 5.74) is 3.46. The zero-order chi connectivity index (χ0) is 18.0. The largest absolute Gasteiger partial charge is 0.287 e. The number of allylic oxidation sites excluding steroid dienone is 1. The van der Waals surface area contributed by atoms with E-state index in [1.807, 2.05) is 55.5 Å². The second kappa shape index (κ2) is 5.56. The smallest absolute Gasteiger partial charge is 0.242 e. The van der Waals surface area contributed by atoms with Crippen LogP contribution in [-0.2, 0) is 4.79 Å². The van der Waals surface area contributed by atoms with Gasteiger partial charge in [0.1, 0.15) is 5.70 Å². The summed E-state index contributed by atoms with van der Waals surface area (Å²) in [6.07, 6.45) is 0. The Labute approximate surface area is 159 Å². The van der Waals surface area contributed by atoms with Gasteiger partial charge in [0.2, 0.25) is 11.7 Å². The van der Waals surface area contributed by atoms with E-state index in [-0.39, 0.29) is 16.9 Å². The summed E-state index contributed by atoms with van der Waals surface area (Å²) in [6, 6.07) is 14.5. The summed E-state index contributed by atoms with van der Waals surface area (Å²) in [6.45, 7) is 1.86. The van der Waals surface area contributed by atoms with E-state index in [1.54, 1.807) is 4.90 Å². The number of halogens is 1. The molecule has 4 nitrogen and oxygen atoms in total. The second-order valence-corrected chi connectivity index (χ2v) is 8.14. The third kappa shape index (κ3) is 2.01. The molecule has 2 aromatic rings. The van der Waals surface area contributed by atoms with E-state index in [0.717, 1.165) is 16.7 Å². The van der Waals surface area contributed by atoms with Gasteiger partial charge < -0.3 is 0 Å². The van der Waals surface area contributed by atoms with E-state index in [1.165, 1.54) is 11.8 Å². The Morgan fingerprint density at radius 2 is 1.73 bits per heavy atom. The Balaban J connectivity index is 1.81. The van der Waals surface area contributed by atoms with Crippen LogP contribution < -0.4 is 0 Å². The lowest BCUT2D eigenvalue weighted by atomic mass is 9.91. The number of rotatable bonds is 1. The van der Waals surface area contributed by atoms with Crippen molar-refractivity contribution in [3.8, 4) is 0 Å². The van der Waals surface area contributed by atoms with E-state index in [0.29, 0.717) is 21.5 Å². The zero-order valence-corrected chi connectivity index (χ0v) is 15.3. The SMILES string of the molecule is C[C@@H]1SC2=NC3=C(c4ccccc4C3=O)[C@H](c3ccccc3Cl)N2C1=O. The maximum absolute atomic E-state index is 12.9. The summed E-state index contributed by atoms with van der Waals surface area (Å²) in [5, 5.41) is 0.913. The molecule has 5 rings (SSSR count). The number of hydrogen-bond acceptors (Lipinski definition) is 4. The Bertz CT molecular complexity index is 1060. The van der Waals surface area contributed by atoms with E-state index >= 15 is 0 Å². The van der Waals surface area contributed by atoms with Gasteiger partial charge in [-0.05, 0) is 24.1 Å². The van der Waals surface area contributed by atoms with Crippen molar-refractivity contribution in [2.75, 3.05) is 0 Å². The number of ketones is 1. The van der Waals surface area contributed by atoms with Crippen LogP contribution in [0.2, 0.25) is 5.02 Å². The zero-order valence-electron chi connectivity index (χ0n) is 13.8. The van der Waals surface area contributed by atoms with Crippen LogP contribution in [0, 0.1) is 0 Å². The number of nitrogens with zero attached hydrogens (tertiary/aromatic N) is 2. The molecule has 1 saturated heterocycles. The van der Waals surface area contributed by atoms with Gasteiger partial charge in [-0.2, -0.15) is 0 Å². The molecule has 0 spiro atoms. The van der Waals surface area contributed by atoms with Crippen LogP contribution in [0.3, 0.4) is 0 Å². The van der Waals surface area contributed by atoms with Crippen molar-refractivity contribution in [2.45, 2.75) is 18.2 Å². The maximum atomic E-state index is 12.9. The van der Waals surface area contributed by atoms with Gasteiger partial charge in [0.15, 0.2) is 5.17 Å². The molecule has 6 heteroatoms. The third-order valence-electron chi connectivity index (χ3n) is 4.94. The molecule has 0 aromatic heterocycles. The molecular formula is C20H13ClN2O2S. The number of carbonyl (C=O) groups excluding carboxylic acids is 2. The minimum atomic E-state index is -0.441. The van der Waals surface area contributed by atoms with Crippen LogP contribution in [0.5, 0.6) is 0 Å². The molecule has 26 heavy (non-hydrogen) atoms. The van der Waals surface area contributed by atoms with E-state index in [4.69, 9.17) is 11.6 Å². The highest BCUT2D eigenvalue weighted by Crippen LogP contribution is 2.51. The Morgan fingerprint density at radius 1 is 1.04 bits per heavy atom. The maximum Gasteiger partial charge on any atom is 0.242 e. The molecule has 2 aliphatic heterocycles. The van der Waals surface area contributed by atoms with Gasteiger partial charge in [-0.15, -0.1) is 0 Å². The van der Waals surface area contributed by atoms with Crippen molar-refractivity contribution < 1.29 is 9.59 Å². The number of benzene rings is 2. The van der Waals surface area contributed by atoms with Gasteiger partial charge in [-0.25, -0.2) is 4.99 Å². The number of hydrogen-bond donors (Lipinski definition) is 0. The summed E-state index contributed by atoms with van der Waals surface area (Å²) in [7, 11) is 0. The number of aliphatic imine (C=N–C) groups is 1. The van der Waals surface area contributed by atoms with E-state index < -0.39 is 6.04 Å². The fourth-order valence-electron chi connectivity index (χ4n) is 3.77. The number of thioether (sulfide) groups is 1. The molecule has 0 bridgehead atoms. The third-order valence-corrected chi connectivity index (χ3v) is 6.34. The molecule has 0 saturated carbocycles. The normalized spacial score (nSPS) is 23.8. The van der Waals surface area contributed by atoms with Crippen molar-refractivity contribution in [3.05, 3.63) is 75.9 Å². The van der Waals surface area contributed by atoms with Gasteiger partial charge in [0.05, 0.1) is 11.3 Å². The van der Waals surface area contributed by atoms with Gasteiger partial charge in [0.25, 0.3) is 0 Å². The number of amidine groups is 1. The molecule has 1 aliphatic carbocycles. The molecule has 2 aromatic carbocycles.